The van der Waals surface area contributed by atoms with Crippen molar-refractivity contribution in [3.8, 4) is 5.75 Å². The molecule has 5 nitrogen and oxygen atoms in total. The zero-order chi connectivity index (χ0) is 20.4. The van der Waals surface area contributed by atoms with E-state index in [1.165, 1.54) is 32.1 Å². The van der Waals surface area contributed by atoms with E-state index in [9.17, 15) is 4.79 Å². The summed E-state index contributed by atoms with van der Waals surface area (Å²) in [5.41, 5.74) is 1.90. The average molecular weight is 398 g/mol. The largest absolute Gasteiger partial charge is 0.495 e. The van der Waals surface area contributed by atoms with Gasteiger partial charge in [0, 0.05) is 43.8 Å². The Morgan fingerprint density at radius 2 is 1.97 bits per heavy atom. The van der Waals surface area contributed by atoms with Gasteiger partial charge in [-0.2, -0.15) is 0 Å². The molecule has 158 valence electrons. The number of benzene rings is 1. The number of methoxy groups -OCH3 is 1. The molecule has 1 amide bonds. The van der Waals surface area contributed by atoms with Gasteiger partial charge in [-0.3, -0.25) is 9.69 Å². The zero-order valence-corrected chi connectivity index (χ0v) is 18.2. The van der Waals surface area contributed by atoms with E-state index in [4.69, 9.17) is 4.74 Å². The molecular formula is C24H35N3O2. The van der Waals surface area contributed by atoms with Crippen molar-refractivity contribution in [3.63, 3.8) is 0 Å². The van der Waals surface area contributed by atoms with Gasteiger partial charge in [0.1, 0.15) is 5.75 Å². The van der Waals surface area contributed by atoms with Crippen LogP contribution in [-0.2, 0) is 6.54 Å². The maximum atomic E-state index is 13.5. The summed E-state index contributed by atoms with van der Waals surface area (Å²) in [6.07, 6.45) is 8.68. The minimum atomic E-state index is 0.160. The zero-order valence-electron chi connectivity index (χ0n) is 18.2. The predicted molar refractivity (Wildman–Crippen MR) is 118 cm³/mol. The van der Waals surface area contributed by atoms with Crippen molar-refractivity contribution in [2.24, 2.45) is 5.92 Å². The summed E-state index contributed by atoms with van der Waals surface area (Å²) in [6.45, 7) is 8.98. The second-order valence-electron chi connectivity index (χ2n) is 8.78. The topological polar surface area (TPSA) is 37.7 Å². The highest BCUT2D eigenvalue weighted by atomic mass is 16.5. The van der Waals surface area contributed by atoms with Crippen LogP contribution in [0.1, 0.15) is 56.3 Å². The molecule has 2 heterocycles. The van der Waals surface area contributed by atoms with Crippen LogP contribution in [0.15, 0.2) is 24.4 Å². The molecule has 4 rings (SSSR count). The number of carbonyl (C=O) groups excluding carboxylic acids is 1. The van der Waals surface area contributed by atoms with E-state index >= 15 is 0 Å². The Bertz CT molecular complexity index is 853. The number of para-hydroxylation sites is 1. The molecule has 1 aliphatic carbocycles. The lowest BCUT2D eigenvalue weighted by Crippen LogP contribution is -2.53. The van der Waals surface area contributed by atoms with E-state index in [2.05, 4.69) is 35.6 Å². The molecule has 0 spiro atoms. The number of ether oxygens (including phenoxy) is 1. The third kappa shape index (κ3) is 4.02. The maximum Gasteiger partial charge on any atom is 0.256 e. The fourth-order valence-electron chi connectivity index (χ4n) is 5.27. The molecule has 2 fully saturated rings. The van der Waals surface area contributed by atoms with Crippen molar-refractivity contribution in [2.45, 2.75) is 58.5 Å². The summed E-state index contributed by atoms with van der Waals surface area (Å²) < 4.78 is 7.98. The highest BCUT2D eigenvalue weighted by molar-refractivity contribution is 6.08. The van der Waals surface area contributed by atoms with E-state index in [1.54, 1.807) is 7.11 Å². The number of hydrogen-bond acceptors (Lipinski definition) is 3. The Balaban J connectivity index is 1.66. The van der Waals surface area contributed by atoms with Crippen LogP contribution in [0.25, 0.3) is 10.9 Å². The summed E-state index contributed by atoms with van der Waals surface area (Å²) in [5.74, 6) is 1.72. The van der Waals surface area contributed by atoms with Gasteiger partial charge in [0.15, 0.2) is 0 Å². The number of amides is 1. The van der Waals surface area contributed by atoms with E-state index in [0.717, 1.165) is 54.9 Å². The molecule has 1 unspecified atom stereocenters. The number of rotatable bonds is 5. The van der Waals surface area contributed by atoms with Gasteiger partial charge in [-0.05, 0) is 38.3 Å². The molecule has 1 atom stereocenters. The molecule has 0 radical (unpaired) electrons. The number of piperazine rings is 1. The Morgan fingerprint density at radius 1 is 1.17 bits per heavy atom. The van der Waals surface area contributed by atoms with Gasteiger partial charge in [0.2, 0.25) is 0 Å². The van der Waals surface area contributed by atoms with E-state index < -0.39 is 0 Å². The van der Waals surface area contributed by atoms with Crippen LogP contribution in [0.3, 0.4) is 0 Å². The molecule has 2 aliphatic rings. The van der Waals surface area contributed by atoms with Crippen molar-refractivity contribution in [1.29, 1.82) is 0 Å². The number of aromatic nitrogens is 1. The van der Waals surface area contributed by atoms with Crippen LogP contribution in [0.5, 0.6) is 5.75 Å². The van der Waals surface area contributed by atoms with Gasteiger partial charge in [-0.1, -0.05) is 38.3 Å². The summed E-state index contributed by atoms with van der Waals surface area (Å²) in [4.78, 5) is 18.0. The number of carbonyl (C=O) groups is 1. The first-order valence-electron chi connectivity index (χ1n) is 11.3. The number of likely N-dealkylation sites (N-methyl/N-ethyl adjacent to an activating group) is 1. The van der Waals surface area contributed by atoms with Crippen LogP contribution in [0.2, 0.25) is 0 Å². The third-order valence-electron chi connectivity index (χ3n) is 6.95. The standard InChI is InChI=1S/C24H35N3O2/c1-4-25-13-14-26(15-18(25)2)24(28)21-17-27(16-19-9-6-5-7-10-19)23-20(21)11-8-12-22(23)29-3/h8,11-12,17-19H,4-7,9-10,13-16H2,1-3H3. The van der Waals surface area contributed by atoms with Gasteiger partial charge >= 0.3 is 0 Å². The molecule has 2 aromatic rings. The third-order valence-corrected chi connectivity index (χ3v) is 6.95. The van der Waals surface area contributed by atoms with Crippen molar-refractivity contribution < 1.29 is 9.53 Å². The molecule has 5 heteroatoms. The molecule has 1 saturated carbocycles. The number of fused-ring (bicyclic) bond motifs is 1. The van der Waals surface area contributed by atoms with Crippen molar-refractivity contribution in [2.75, 3.05) is 33.3 Å². The SMILES string of the molecule is CCN1CCN(C(=O)c2cn(CC3CCCCC3)c3c(OC)cccc23)CC1C. The average Bonchev–Trinajstić information content (AvgIpc) is 3.12. The van der Waals surface area contributed by atoms with Crippen LogP contribution >= 0.6 is 0 Å². The first kappa shape index (κ1) is 20.3. The van der Waals surface area contributed by atoms with Gasteiger partial charge in [-0.15, -0.1) is 0 Å². The Kier molecular flexibility index (Phi) is 6.14. The normalized spacial score (nSPS) is 21.6. The lowest BCUT2D eigenvalue weighted by atomic mass is 9.89. The van der Waals surface area contributed by atoms with E-state index in [-0.39, 0.29) is 5.91 Å². The number of nitrogens with zero attached hydrogens (tertiary/aromatic N) is 3. The van der Waals surface area contributed by atoms with Gasteiger partial charge in [0.25, 0.3) is 5.91 Å². The van der Waals surface area contributed by atoms with Crippen molar-refractivity contribution in [1.82, 2.24) is 14.4 Å². The smallest absolute Gasteiger partial charge is 0.256 e. The predicted octanol–water partition coefficient (Wildman–Crippen LogP) is 4.40. The minimum absolute atomic E-state index is 0.160. The molecule has 1 aliphatic heterocycles. The van der Waals surface area contributed by atoms with Crippen molar-refractivity contribution >= 4 is 16.8 Å². The summed E-state index contributed by atoms with van der Waals surface area (Å²) in [6, 6.07) is 6.49. The summed E-state index contributed by atoms with van der Waals surface area (Å²) >= 11 is 0. The van der Waals surface area contributed by atoms with Crippen LogP contribution in [0.4, 0.5) is 0 Å². The van der Waals surface area contributed by atoms with Gasteiger partial charge in [-0.25, -0.2) is 0 Å². The Morgan fingerprint density at radius 3 is 2.66 bits per heavy atom. The van der Waals surface area contributed by atoms with Gasteiger partial charge in [0.05, 0.1) is 18.2 Å². The Hall–Kier alpha value is -2.01. The molecule has 0 bridgehead atoms. The second kappa shape index (κ2) is 8.78. The fourth-order valence-corrected chi connectivity index (χ4v) is 5.27. The lowest BCUT2D eigenvalue weighted by Gasteiger charge is -2.39. The molecule has 29 heavy (non-hydrogen) atoms. The summed E-state index contributed by atoms with van der Waals surface area (Å²) in [7, 11) is 1.72. The monoisotopic (exact) mass is 397 g/mol. The first-order chi connectivity index (χ1) is 14.1. The van der Waals surface area contributed by atoms with Crippen LogP contribution in [-0.4, -0.2) is 59.6 Å². The molecule has 1 aromatic heterocycles. The van der Waals surface area contributed by atoms with E-state index in [1.807, 2.05) is 17.0 Å². The summed E-state index contributed by atoms with van der Waals surface area (Å²) in [5, 5.41) is 1.02. The molecule has 1 saturated heterocycles. The second-order valence-corrected chi connectivity index (χ2v) is 8.78. The van der Waals surface area contributed by atoms with Crippen LogP contribution in [0, 0.1) is 5.92 Å². The maximum absolute atomic E-state index is 13.5. The first-order valence-corrected chi connectivity index (χ1v) is 11.3. The quantitative estimate of drug-likeness (QED) is 0.751. The molecular weight excluding hydrogens is 362 g/mol. The highest BCUT2D eigenvalue weighted by Gasteiger charge is 2.29. The molecule has 0 N–H and O–H groups in total. The lowest BCUT2D eigenvalue weighted by molar-refractivity contribution is 0.0530. The van der Waals surface area contributed by atoms with Crippen molar-refractivity contribution in [3.05, 3.63) is 30.0 Å². The van der Waals surface area contributed by atoms with E-state index in [0.29, 0.717) is 12.0 Å². The highest BCUT2D eigenvalue weighted by Crippen LogP contribution is 2.33. The number of hydrogen-bond donors (Lipinski definition) is 0. The van der Waals surface area contributed by atoms with Gasteiger partial charge < -0.3 is 14.2 Å². The van der Waals surface area contributed by atoms with Crippen LogP contribution < -0.4 is 4.74 Å². The fraction of sp³-hybridized carbons (Fsp3) is 0.625. The Labute approximate surface area is 174 Å². The minimum Gasteiger partial charge on any atom is -0.495 e. The molecule has 1 aromatic carbocycles.